The summed E-state index contributed by atoms with van der Waals surface area (Å²) in [6.45, 7) is 2.57. The number of benzene rings is 3. The number of para-hydroxylation sites is 1. The molecule has 0 radical (unpaired) electrons. The zero-order valence-corrected chi connectivity index (χ0v) is 16.9. The molecule has 0 unspecified atom stereocenters. The van der Waals surface area contributed by atoms with Crippen LogP contribution in [0.3, 0.4) is 0 Å². The minimum atomic E-state index is 0.246. The summed E-state index contributed by atoms with van der Waals surface area (Å²) in [6.07, 6.45) is 0.996. The molecule has 0 aliphatic heterocycles. The van der Waals surface area contributed by atoms with Crippen molar-refractivity contribution in [3.63, 3.8) is 0 Å². The fraction of sp³-hybridized carbons (Fsp3) is 0.174. The normalized spacial score (nSPS) is 10.4. The van der Waals surface area contributed by atoms with Gasteiger partial charge in [-0.15, -0.1) is 0 Å². The Hall–Kier alpha value is -3.05. The first-order chi connectivity index (χ1) is 13.6. The molecule has 3 rings (SSSR count). The van der Waals surface area contributed by atoms with Crippen LogP contribution in [0.15, 0.2) is 72.8 Å². The highest BCUT2D eigenvalue weighted by Gasteiger charge is 2.15. The van der Waals surface area contributed by atoms with Gasteiger partial charge < -0.3 is 20.1 Å². The van der Waals surface area contributed by atoms with Crippen LogP contribution >= 0.6 is 12.2 Å². The molecule has 0 heterocycles. The van der Waals surface area contributed by atoms with Crippen molar-refractivity contribution in [3.8, 4) is 11.5 Å². The average Bonchev–Trinajstić information content (AvgIpc) is 2.74. The molecular formula is C23H24N2O2S. The number of nitrogens with zero attached hydrogens (tertiary/aromatic N) is 1. The Bertz CT molecular complexity index is 924. The quantitative estimate of drug-likeness (QED) is 0.553. The van der Waals surface area contributed by atoms with Crippen LogP contribution in [0.1, 0.15) is 18.1 Å². The highest BCUT2D eigenvalue weighted by atomic mass is 32.1. The maximum atomic E-state index is 10.2. The molecule has 28 heavy (non-hydrogen) atoms. The number of ether oxygens (including phenoxy) is 1. The van der Waals surface area contributed by atoms with Gasteiger partial charge in [0.2, 0.25) is 0 Å². The Labute approximate surface area is 171 Å². The lowest BCUT2D eigenvalue weighted by atomic mass is 10.1. The third-order valence-electron chi connectivity index (χ3n) is 4.56. The Morgan fingerprint density at radius 1 is 1.00 bits per heavy atom. The molecule has 0 aliphatic carbocycles. The number of phenols is 1. The van der Waals surface area contributed by atoms with Crippen molar-refractivity contribution in [1.29, 1.82) is 0 Å². The monoisotopic (exact) mass is 392 g/mol. The minimum Gasteiger partial charge on any atom is -0.508 e. The number of aryl methyl sites for hydroxylation is 1. The van der Waals surface area contributed by atoms with E-state index in [9.17, 15) is 5.11 Å². The van der Waals surface area contributed by atoms with E-state index in [0.717, 1.165) is 29.1 Å². The van der Waals surface area contributed by atoms with E-state index in [-0.39, 0.29) is 5.75 Å². The van der Waals surface area contributed by atoms with E-state index in [4.69, 9.17) is 17.0 Å². The van der Waals surface area contributed by atoms with Gasteiger partial charge in [-0.2, -0.15) is 0 Å². The average molecular weight is 393 g/mol. The highest BCUT2D eigenvalue weighted by molar-refractivity contribution is 7.80. The summed E-state index contributed by atoms with van der Waals surface area (Å²) in [7, 11) is 1.64. The zero-order chi connectivity index (χ0) is 19.9. The molecule has 0 aromatic heterocycles. The van der Waals surface area contributed by atoms with Gasteiger partial charge in [-0.25, -0.2) is 0 Å². The molecule has 0 saturated carbocycles. The Morgan fingerprint density at radius 3 is 2.29 bits per heavy atom. The van der Waals surface area contributed by atoms with Gasteiger partial charge in [-0.05, 0) is 66.7 Å². The fourth-order valence-corrected chi connectivity index (χ4v) is 3.16. The molecule has 0 saturated heterocycles. The molecule has 0 spiro atoms. The van der Waals surface area contributed by atoms with Gasteiger partial charge in [-0.1, -0.05) is 37.3 Å². The van der Waals surface area contributed by atoms with Crippen molar-refractivity contribution >= 4 is 28.7 Å². The van der Waals surface area contributed by atoms with E-state index in [1.165, 1.54) is 5.56 Å². The van der Waals surface area contributed by atoms with E-state index in [0.29, 0.717) is 11.7 Å². The second-order valence-corrected chi connectivity index (χ2v) is 6.78. The lowest BCUT2D eigenvalue weighted by Gasteiger charge is -2.26. The summed E-state index contributed by atoms with van der Waals surface area (Å²) in [6, 6.07) is 23.2. The summed E-state index contributed by atoms with van der Waals surface area (Å²) < 4.78 is 5.26. The van der Waals surface area contributed by atoms with Crippen molar-refractivity contribution in [1.82, 2.24) is 0 Å². The van der Waals surface area contributed by atoms with E-state index >= 15 is 0 Å². The van der Waals surface area contributed by atoms with Crippen LogP contribution in [0.4, 0.5) is 11.4 Å². The number of phenolic OH excluding ortho intramolecular Hbond substituents is 1. The molecule has 0 bridgehead atoms. The summed E-state index contributed by atoms with van der Waals surface area (Å²) in [5, 5.41) is 14.1. The van der Waals surface area contributed by atoms with Gasteiger partial charge in [-0.3, -0.25) is 0 Å². The third kappa shape index (κ3) is 4.81. The largest absolute Gasteiger partial charge is 0.508 e. The Balaban J connectivity index is 1.87. The summed E-state index contributed by atoms with van der Waals surface area (Å²) in [5.74, 6) is 1.02. The van der Waals surface area contributed by atoms with Gasteiger partial charge in [0.15, 0.2) is 5.11 Å². The molecule has 0 atom stereocenters. The number of methoxy groups -OCH3 is 1. The van der Waals surface area contributed by atoms with E-state index < -0.39 is 0 Å². The van der Waals surface area contributed by atoms with Gasteiger partial charge >= 0.3 is 0 Å². The maximum absolute atomic E-state index is 10.2. The smallest absolute Gasteiger partial charge is 0.178 e. The number of nitrogens with one attached hydrogen (secondary N) is 1. The SMILES string of the molecule is CCc1ccc(NC(=S)N(Cc2ccccc2O)c2ccc(OC)cc2)cc1. The molecule has 2 N–H and O–H groups in total. The third-order valence-corrected chi connectivity index (χ3v) is 4.89. The molecular weight excluding hydrogens is 368 g/mol. The van der Waals surface area contributed by atoms with Crippen LogP contribution in [0.2, 0.25) is 0 Å². The van der Waals surface area contributed by atoms with Gasteiger partial charge in [0.05, 0.1) is 13.7 Å². The predicted molar refractivity (Wildman–Crippen MR) is 119 cm³/mol. The Morgan fingerprint density at radius 2 is 1.68 bits per heavy atom. The van der Waals surface area contributed by atoms with E-state index in [1.54, 1.807) is 13.2 Å². The van der Waals surface area contributed by atoms with Crippen molar-refractivity contribution in [2.24, 2.45) is 0 Å². The molecule has 0 amide bonds. The molecule has 144 valence electrons. The van der Waals surface area contributed by atoms with Crippen LogP contribution in [-0.4, -0.2) is 17.3 Å². The zero-order valence-electron chi connectivity index (χ0n) is 16.1. The molecule has 3 aromatic rings. The topological polar surface area (TPSA) is 44.7 Å². The number of rotatable bonds is 6. The van der Waals surface area contributed by atoms with Gasteiger partial charge in [0, 0.05) is 16.9 Å². The summed E-state index contributed by atoms with van der Waals surface area (Å²) in [4.78, 5) is 1.96. The van der Waals surface area contributed by atoms with Crippen LogP contribution in [0.5, 0.6) is 11.5 Å². The van der Waals surface area contributed by atoms with Crippen LogP contribution in [0, 0.1) is 0 Å². The highest BCUT2D eigenvalue weighted by Crippen LogP contribution is 2.25. The standard InChI is InChI=1S/C23H24N2O2S/c1-3-17-8-10-19(11-9-17)24-23(28)25(16-18-6-4-5-7-22(18)26)20-12-14-21(27-2)15-13-20/h4-15,26H,3,16H2,1-2H3,(H,24,28). The number of aromatic hydroxyl groups is 1. The van der Waals surface area contributed by atoms with Gasteiger partial charge in [0.25, 0.3) is 0 Å². The van der Waals surface area contributed by atoms with Gasteiger partial charge in [0.1, 0.15) is 11.5 Å². The van der Waals surface area contributed by atoms with E-state index in [2.05, 4.69) is 24.4 Å². The number of hydrogen-bond acceptors (Lipinski definition) is 3. The minimum absolute atomic E-state index is 0.246. The molecule has 0 fully saturated rings. The lowest BCUT2D eigenvalue weighted by Crippen LogP contribution is -2.34. The van der Waals surface area contributed by atoms with Crippen molar-refractivity contribution in [3.05, 3.63) is 83.9 Å². The van der Waals surface area contributed by atoms with Crippen molar-refractivity contribution in [2.75, 3.05) is 17.3 Å². The second kappa shape index (κ2) is 9.24. The van der Waals surface area contributed by atoms with E-state index in [1.807, 2.05) is 59.5 Å². The molecule has 0 aliphatic rings. The molecule has 4 nitrogen and oxygen atoms in total. The maximum Gasteiger partial charge on any atom is 0.178 e. The van der Waals surface area contributed by atoms with Crippen LogP contribution < -0.4 is 15.0 Å². The first kappa shape index (κ1) is 19.7. The predicted octanol–water partition coefficient (Wildman–Crippen LogP) is 5.37. The number of hydrogen-bond donors (Lipinski definition) is 2. The number of anilines is 2. The first-order valence-corrected chi connectivity index (χ1v) is 9.60. The summed E-state index contributed by atoms with van der Waals surface area (Å²) >= 11 is 5.71. The lowest BCUT2D eigenvalue weighted by molar-refractivity contribution is 0.415. The first-order valence-electron chi connectivity index (χ1n) is 9.19. The van der Waals surface area contributed by atoms with Crippen LogP contribution in [0.25, 0.3) is 0 Å². The van der Waals surface area contributed by atoms with Crippen molar-refractivity contribution in [2.45, 2.75) is 19.9 Å². The molecule has 5 heteroatoms. The molecule has 3 aromatic carbocycles. The Kier molecular flexibility index (Phi) is 6.50. The van der Waals surface area contributed by atoms with Crippen molar-refractivity contribution < 1.29 is 9.84 Å². The summed E-state index contributed by atoms with van der Waals surface area (Å²) in [5.41, 5.74) is 3.91. The number of thiocarbonyl (C=S) groups is 1. The van der Waals surface area contributed by atoms with Crippen LogP contribution in [-0.2, 0) is 13.0 Å². The second-order valence-electron chi connectivity index (χ2n) is 6.39. The fourth-order valence-electron chi connectivity index (χ4n) is 2.87.